The van der Waals surface area contributed by atoms with Gasteiger partial charge in [-0.1, -0.05) is 18.2 Å². The molecule has 1 unspecified atom stereocenters. The number of amides is 2. The number of hydrogen-bond acceptors (Lipinski definition) is 3. The average molecular weight is 360 g/mol. The number of carbonyl (C=O) groups is 1. The van der Waals surface area contributed by atoms with Gasteiger partial charge in [-0.25, -0.2) is 4.79 Å². The third-order valence-corrected chi connectivity index (χ3v) is 5.51. The van der Waals surface area contributed by atoms with Gasteiger partial charge in [0.15, 0.2) is 0 Å². The van der Waals surface area contributed by atoms with Crippen molar-refractivity contribution in [1.82, 2.24) is 15.5 Å². The summed E-state index contributed by atoms with van der Waals surface area (Å²) in [6.45, 7) is 7.65. The molecule has 0 bridgehead atoms. The molecule has 0 aromatic heterocycles. The van der Waals surface area contributed by atoms with Crippen molar-refractivity contribution < 1.29 is 9.53 Å². The van der Waals surface area contributed by atoms with Crippen LogP contribution in [0.4, 0.5) is 4.79 Å². The molecule has 1 fully saturated rings. The summed E-state index contributed by atoms with van der Waals surface area (Å²) in [4.78, 5) is 14.6. The van der Waals surface area contributed by atoms with Crippen LogP contribution >= 0.6 is 0 Å². The van der Waals surface area contributed by atoms with Gasteiger partial charge in [-0.15, -0.1) is 0 Å². The van der Waals surface area contributed by atoms with E-state index < -0.39 is 0 Å². The zero-order chi connectivity index (χ0) is 18.2. The molecule has 1 aromatic carbocycles. The molecule has 3 rings (SSSR count). The first-order chi connectivity index (χ1) is 12.7. The van der Waals surface area contributed by atoms with Gasteiger partial charge in [-0.2, -0.15) is 0 Å². The molecule has 144 valence electrons. The van der Waals surface area contributed by atoms with Gasteiger partial charge in [0, 0.05) is 19.6 Å². The summed E-state index contributed by atoms with van der Waals surface area (Å²) in [6.07, 6.45) is 7.07. The van der Waals surface area contributed by atoms with E-state index >= 15 is 0 Å². The van der Waals surface area contributed by atoms with Crippen LogP contribution in [0.1, 0.15) is 55.3 Å². The summed E-state index contributed by atoms with van der Waals surface area (Å²) in [6, 6.07) is 6.65. The minimum absolute atomic E-state index is 0.0376. The number of hydrogen-bond donors (Lipinski definition) is 2. The normalized spacial score (nSPS) is 18.8. The Balaban J connectivity index is 1.33. The number of fused-ring (bicyclic) bond motifs is 1. The van der Waals surface area contributed by atoms with Crippen LogP contribution in [0.5, 0.6) is 0 Å². The maximum absolute atomic E-state index is 12.1. The molecular weight excluding hydrogens is 326 g/mol. The van der Waals surface area contributed by atoms with Crippen molar-refractivity contribution in [3.8, 4) is 0 Å². The number of morpholine rings is 1. The number of carbonyl (C=O) groups excluding carboxylic acids is 1. The third kappa shape index (κ3) is 5.71. The van der Waals surface area contributed by atoms with Gasteiger partial charge >= 0.3 is 6.03 Å². The number of aryl methyl sites for hydroxylation is 2. The third-order valence-electron chi connectivity index (χ3n) is 5.51. The van der Waals surface area contributed by atoms with Crippen molar-refractivity contribution in [1.29, 1.82) is 0 Å². The number of benzene rings is 1. The predicted octanol–water partition coefficient (Wildman–Crippen LogP) is 3.04. The highest BCUT2D eigenvalue weighted by atomic mass is 16.5. The van der Waals surface area contributed by atoms with Crippen molar-refractivity contribution in [2.24, 2.45) is 0 Å². The van der Waals surface area contributed by atoms with E-state index in [2.05, 4.69) is 40.7 Å². The predicted molar refractivity (Wildman–Crippen MR) is 105 cm³/mol. The van der Waals surface area contributed by atoms with Crippen LogP contribution in [0, 0.1) is 0 Å². The number of nitrogens with one attached hydrogen (secondary N) is 2. The summed E-state index contributed by atoms with van der Waals surface area (Å²) in [5, 5.41) is 6.06. The highest BCUT2D eigenvalue weighted by Gasteiger charge is 2.14. The molecule has 5 nitrogen and oxygen atoms in total. The molecule has 1 saturated heterocycles. The minimum atomic E-state index is -0.0680. The quantitative estimate of drug-likeness (QED) is 0.736. The van der Waals surface area contributed by atoms with E-state index in [4.69, 9.17) is 4.74 Å². The van der Waals surface area contributed by atoms with Crippen LogP contribution in [0.15, 0.2) is 18.2 Å². The fourth-order valence-electron chi connectivity index (χ4n) is 3.84. The van der Waals surface area contributed by atoms with Crippen molar-refractivity contribution in [3.05, 3.63) is 34.9 Å². The lowest BCUT2D eigenvalue weighted by Crippen LogP contribution is -2.38. The molecule has 5 heteroatoms. The zero-order valence-electron chi connectivity index (χ0n) is 16.1. The zero-order valence-corrected chi connectivity index (χ0v) is 16.1. The Bertz CT molecular complexity index is 585. The standard InChI is InChI=1S/C21H33N3O2/c1-17(19-9-8-18-6-2-3-7-20(18)16-19)23-21(25)22-10-4-5-11-24-12-14-26-15-13-24/h8-9,16-17H,2-7,10-15H2,1H3,(H2,22,23,25). The number of rotatable bonds is 7. The molecule has 0 radical (unpaired) electrons. The molecule has 0 spiro atoms. The van der Waals surface area contributed by atoms with Crippen molar-refractivity contribution in [2.45, 2.75) is 51.5 Å². The second-order valence-electron chi connectivity index (χ2n) is 7.52. The van der Waals surface area contributed by atoms with Gasteiger partial charge < -0.3 is 15.4 Å². The van der Waals surface area contributed by atoms with Gasteiger partial charge in [-0.05, 0) is 68.7 Å². The molecule has 2 aliphatic rings. The molecular formula is C21H33N3O2. The van der Waals surface area contributed by atoms with Crippen molar-refractivity contribution in [2.75, 3.05) is 39.4 Å². The van der Waals surface area contributed by atoms with Gasteiger partial charge in [0.05, 0.1) is 19.3 Å². The summed E-state index contributed by atoms with van der Waals surface area (Å²) in [7, 11) is 0. The van der Waals surface area contributed by atoms with E-state index in [1.165, 1.54) is 42.4 Å². The molecule has 0 saturated carbocycles. The van der Waals surface area contributed by atoms with E-state index in [9.17, 15) is 4.79 Å². The molecule has 1 atom stereocenters. The molecule has 26 heavy (non-hydrogen) atoms. The molecule has 2 N–H and O–H groups in total. The maximum atomic E-state index is 12.1. The average Bonchev–Trinajstić information content (AvgIpc) is 2.68. The Morgan fingerprint density at radius 2 is 1.92 bits per heavy atom. The SMILES string of the molecule is CC(NC(=O)NCCCCN1CCOCC1)c1ccc2c(c1)CCCC2. The lowest BCUT2D eigenvalue weighted by atomic mass is 9.89. The summed E-state index contributed by atoms with van der Waals surface area (Å²) < 4.78 is 5.36. The molecule has 2 amide bonds. The van der Waals surface area contributed by atoms with Crippen LogP contribution in [-0.4, -0.2) is 50.3 Å². The fraction of sp³-hybridized carbons (Fsp3) is 0.667. The van der Waals surface area contributed by atoms with Crippen molar-refractivity contribution >= 4 is 6.03 Å². The Kier molecular flexibility index (Phi) is 7.32. The van der Waals surface area contributed by atoms with Crippen LogP contribution in [-0.2, 0) is 17.6 Å². The van der Waals surface area contributed by atoms with Gasteiger partial charge in [0.1, 0.15) is 0 Å². The van der Waals surface area contributed by atoms with Crippen LogP contribution in [0.3, 0.4) is 0 Å². The van der Waals surface area contributed by atoms with Gasteiger partial charge in [0.2, 0.25) is 0 Å². The lowest BCUT2D eigenvalue weighted by molar-refractivity contribution is 0.0372. The van der Waals surface area contributed by atoms with E-state index in [0.717, 1.165) is 52.2 Å². The molecule has 1 aliphatic carbocycles. The van der Waals surface area contributed by atoms with E-state index in [0.29, 0.717) is 0 Å². The number of ether oxygens (including phenoxy) is 1. The second kappa shape index (κ2) is 9.93. The Morgan fingerprint density at radius 3 is 2.73 bits per heavy atom. The lowest BCUT2D eigenvalue weighted by Gasteiger charge is -2.26. The van der Waals surface area contributed by atoms with Crippen LogP contribution < -0.4 is 10.6 Å². The molecule has 1 aromatic rings. The topological polar surface area (TPSA) is 53.6 Å². The van der Waals surface area contributed by atoms with Gasteiger partial charge in [0.25, 0.3) is 0 Å². The minimum Gasteiger partial charge on any atom is -0.379 e. The number of nitrogens with zero attached hydrogens (tertiary/aromatic N) is 1. The first-order valence-corrected chi connectivity index (χ1v) is 10.2. The number of urea groups is 1. The van der Waals surface area contributed by atoms with Crippen LogP contribution in [0.2, 0.25) is 0 Å². The Labute approximate surface area is 157 Å². The van der Waals surface area contributed by atoms with E-state index in [1.807, 2.05) is 0 Å². The summed E-state index contributed by atoms with van der Waals surface area (Å²) in [5.41, 5.74) is 4.15. The Morgan fingerprint density at radius 1 is 1.15 bits per heavy atom. The monoisotopic (exact) mass is 359 g/mol. The summed E-state index contributed by atoms with van der Waals surface area (Å²) in [5.74, 6) is 0. The maximum Gasteiger partial charge on any atom is 0.315 e. The van der Waals surface area contributed by atoms with E-state index in [-0.39, 0.29) is 12.1 Å². The first-order valence-electron chi connectivity index (χ1n) is 10.2. The molecule has 1 heterocycles. The number of unbranched alkanes of at least 4 members (excludes halogenated alkanes) is 1. The molecule has 1 aliphatic heterocycles. The second-order valence-corrected chi connectivity index (χ2v) is 7.52. The highest BCUT2D eigenvalue weighted by Crippen LogP contribution is 2.24. The summed E-state index contributed by atoms with van der Waals surface area (Å²) >= 11 is 0. The fourth-order valence-corrected chi connectivity index (χ4v) is 3.84. The largest absolute Gasteiger partial charge is 0.379 e. The van der Waals surface area contributed by atoms with Crippen LogP contribution in [0.25, 0.3) is 0 Å². The smallest absolute Gasteiger partial charge is 0.315 e. The van der Waals surface area contributed by atoms with Crippen molar-refractivity contribution in [3.63, 3.8) is 0 Å². The van der Waals surface area contributed by atoms with Gasteiger partial charge in [-0.3, -0.25) is 4.90 Å². The first kappa shape index (κ1) is 19.2. The Hall–Kier alpha value is -1.59. The highest BCUT2D eigenvalue weighted by molar-refractivity contribution is 5.74. The van der Waals surface area contributed by atoms with E-state index in [1.54, 1.807) is 0 Å².